The summed E-state index contributed by atoms with van der Waals surface area (Å²) in [6.07, 6.45) is 2.53. The first-order chi connectivity index (χ1) is 12.0. The van der Waals surface area contributed by atoms with E-state index in [1.54, 1.807) is 0 Å². The molecule has 1 aromatic rings. The molecule has 26 heavy (non-hydrogen) atoms. The van der Waals surface area contributed by atoms with Gasteiger partial charge in [0.05, 0.1) is 18.6 Å². The van der Waals surface area contributed by atoms with Crippen molar-refractivity contribution in [3.05, 3.63) is 29.3 Å². The Kier molecular flexibility index (Phi) is 9.41. The van der Waals surface area contributed by atoms with Crippen LogP contribution in [0.25, 0.3) is 0 Å². The van der Waals surface area contributed by atoms with Crippen molar-refractivity contribution in [3.8, 4) is 5.75 Å². The second-order valence-electron chi connectivity index (χ2n) is 7.03. The van der Waals surface area contributed by atoms with Gasteiger partial charge in [0.15, 0.2) is 0 Å². The van der Waals surface area contributed by atoms with Gasteiger partial charge in [-0.15, -0.1) is 12.4 Å². The quantitative estimate of drug-likeness (QED) is 0.685. The fourth-order valence-corrected chi connectivity index (χ4v) is 3.18. The molecule has 0 bridgehead atoms. The van der Waals surface area contributed by atoms with Crippen molar-refractivity contribution in [2.24, 2.45) is 17.1 Å². The minimum Gasteiger partial charge on any atom is -0.493 e. The van der Waals surface area contributed by atoms with Gasteiger partial charge >= 0.3 is 0 Å². The smallest absolute Gasteiger partial charge is 0.227 e. The SMILES string of the molecule is CCC(CC)(CN)C(=O)NCc1ccc(C)cc1OCC1CCOC1.Cl. The van der Waals surface area contributed by atoms with E-state index in [2.05, 4.69) is 5.32 Å². The number of nitrogens with one attached hydrogen (secondary N) is 1. The molecule has 1 saturated heterocycles. The molecule has 148 valence electrons. The van der Waals surface area contributed by atoms with Gasteiger partial charge in [-0.3, -0.25) is 4.79 Å². The van der Waals surface area contributed by atoms with Crippen molar-refractivity contribution in [2.75, 3.05) is 26.4 Å². The summed E-state index contributed by atoms with van der Waals surface area (Å²) in [4.78, 5) is 12.6. The molecule has 1 atom stereocenters. The minimum atomic E-state index is -0.479. The molecule has 0 radical (unpaired) electrons. The summed E-state index contributed by atoms with van der Waals surface area (Å²) in [7, 11) is 0. The van der Waals surface area contributed by atoms with Crippen molar-refractivity contribution in [2.45, 2.75) is 46.6 Å². The maximum atomic E-state index is 12.6. The fourth-order valence-electron chi connectivity index (χ4n) is 3.18. The summed E-state index contributed by atoms with van der Waals surface area (Å²) in [6, 6.07) is 6.11. The fraction of sp³-hybridized carbons (Fsp3) is 0.650. The molecule has 0 spiro atoms. The van der Waals surface area contributed by atoms with Crippen LogP contribution in [0.3, 0.4) is 0 Å². The Morgan fingerprint density at radius 1 is 1.38 bits per heavy atom. The summed E-state index contributed by atoms with van der Waals surface area (Å²) < 4.78 is 11.4. The molecule has 1 aromatic carbocycles. The Morgan fingerprint density at radius 2 is 2.12 bits per heavy atom. The zero-order valence-electron chi connectivity index (χ0n) is 16.2. The summed E-state index contributed by atoms with van der Waals surface area (Å²) in [6.45, 7) is 9.13. The number of hydrogen-bond donors (Lipinski definition) is 2. The molecule has 2 rings (SSSR count). The molecule has 1 unspecified atom stereocenters. The van der Waals surface area contributed by atoms with Gasteiger partial charge in [0.1, 0.15) is 5.75 Å². The molecule has 1 aliphatic heterocycles. The van der Waals surface area contributed by atoms with E-state index in [1.165, 1.54) is 0 Å². The van der Waals surface area contributed by atoms with Gasteiger partial charge in [-0.2, -0.15) is 0 Å². The molecule has 1 fully saturated rings. The zero-order valence-corrected chi connectivity index (χ0v) is 17.0. The van der Waals surface area contributed by atoms with Crippen LogP contribution in [-0.4, -0.2) is 32.3 Å². The van der Waals surface area contributed by atoms with Gasteiger partial charge in [0.2, 0.25) is 5.91 Å². The number of rotatable bonds is 9. The van der Waals surface area contributed by atoms with Crippen LogP contribution >= 0.6 is 12.4 Å². The summed E-state index contributed by atoms with van der Waals surface area (Å²) >= 11 is 0. The lowest BCUT2D eigenvalue weighted by Gasteiger charge is -2.28. The average Bonchev–Trinajstić information content (AvgIpc) is 3.14. The topological polar surface area (TPSA) is 73.6 Å². The summed E-state index contributed by atoms with van der Waals surface area (Å²) in [5, 5.41) is 3.06. The maximum absolute atomic E-state index is 12.6. The Balaban J connectivity index is 0.00000338. The molecule has 6 heteroatoms. The lowest BCUT2D eigenvalue weighted by molar-refractivity contribution is -0.131. The summed E-state index contributed by atoms with van der Waals surface area (Å²) in [5.41, 5.74) is 7.53. The molecule has 1 amide bonds. The van der Waals surface area contributed by atoms with Gasteiger partial charge < -0.3 is 20.5 Å². The minimum absolute atomic E-state index is 0. The Morgan fingerprint density at radius 3 is 2.69 bits per heavy atom. The van der Waals surface area contributed by atoms with Crippen LogP contribution in [0.4, 0.5) is 0 Å². The van der Waals surface area contributed by atoms with Crippen molar-refractivity contribution in [3.63, 3.8) is 0 Å². The number of carbonyl (C=O) groups is 1. The number of amides is 1. The first-order valence-corrected chi connectivity index (χ1v) is 9.33. The average molecular weight is 385 g/mol. The van der Waals surface area contributed by atoms with E-state index >= 15 is 0 Å². The van der Waals surface area contributed by atoms with E-state index in [4.69, 9.17) is 15.2 Å². The Hall–Kier alpha value is -1.30. The number of benzene rings is 1. The van der Waals surface area contributed by atoms with Gasteiger partial charge in [-0.05, 0) is 37.8 Å². The maximum Gasteiger partial charge on any atom is 0.227 e. The van der Waals surface area contributed by atoms with Crippen molar-refractivity contribution < 1.29 is 14.3 Å². The van der Waals surface area contributed by atoms with Crippen LogP contribution in [0, 0.1) is 18.3 Å². The number of ether oxygens (including phenoxy) is 2. The molecule has 5 nitrogen and oxygen atoms in total. The van der Waals surface area contributed by atoms with E-state index in [0.717, 1.165) is 49.4 Å². The van der Waals surface area contributed by atoms with Crippen LogP contribution in [-0.2, 0) is 16.1 Å². The van der Waals surface area contributed by atoms with E-state index in [9.17, 15) is 4.79 Å². The Bertz CT molecular complexity index is 562. The lowest BCUT2D eigenvalue weighted by Crippen LogP contribution is -2.45. The van der Waals surface area contributed by atoms with E-state index in [0.29, 0.717) is 25.6 Å². The zero-order chi connectivity index (χ0) is 18.3. The summed E-state index contributed by atoms with van der Waals surface area (Å²) in [5.74, 6) is 1.32. The number of aryl methyl sites for hydroxylation is 1. The predicted molar refractivity (Wildman–Crippen MR) is 107 cm³/mol. The lowest BCUT2D eigenvalue weighted by atomic mass is 9.81. The largest absolute Gasteiger partial charge is 0.493 e. The predicted octanol–water partition coefficient (Wildman–Crippen LogP) is 3.21. The normalized spacial score (nSPS) is 16.8. The first kappa shape index (κ1) is 22.7. The number of nitrogens with two attached hydrogens (primary N) is 1. The third-order valence-electron chi connectivity index (χ3n) is 5.39. The van der Waals surface area contributed by atoms with Crippen LogP contribution < -0.4 is 15.8 Å². The van der Waals surface area contributed by atoms with Crippen LogP contribution in [0.15, 0.2) is 18.2 Å². The Labute approximate surface area is 163 Å². The van der Waals surface area contributed by atoms with Crippen LogP contribution in [0.5, 0.6) is 5.75 Å². The van der Waals surface area contributed by atoms with Crippen molar-refractivity contribution >= 4 is 18.3 Å². The van der Waals surface area contributed by atoms with Crippen molar-refractivity contribution in [1.82, 2.24) is 5.32 Å². The molecule has 0 aliphatic carbocycles. The number of halogens is 1. The molecule has 0 saturated carbocycles. The van der Waals surface area contributed by atoms with Gasteiger partial charge in [-0.1, -0.05) is 26.0 Å². The number of hydrogen-bond acceptors (Lipinski definition) is 4. The van der Waals surface area contributed by atoms with Gasteiger partial charge in [-0.25, -0.2) is 0 Å². The highest BCUT2D eigenvalue weighted by atomic mass is 35.5. The third kappa shape index (κ3) is 5.60. The van der Waals surface area contributed by atoms with Crippen molar-refractivity contribution in [1.29, 1.82) is 0 Å². The molecule has 3 N–H and O–H groups in total. The molecular weight excluding hydrogens is 352 g/mol. The van der Waals surface area contributed by atoms with Gasteiger partial charge in [0.25, 0.3) is 0 Å². The number of carbonyl (C=O) groups excluding carboxylic acids is 1. The van der Waals surface area contributed by atoms with E-state index < -0.39 is 5.41 Å². The molecule has 1 heterocycles. The monoisotopic (exact) mass is 384 g/mol. The van der Waals surface area contributed by atoms with Crippen LogP contribution in [0.1, 0.15) is 44.2 Å². The van der Waals surface area contributed by atoms with E-state index in [1.807, 2.05) is 39.0 Å². The second kappa shape index (κ2) is 10.8. The van der Waals surface area contributed by atoms with Crippen LogP contribution in [0.2, 0.25) is 0 Å². The molecular formula is C20H33ClN2O3. The molecule has 0 aromatic heterocycles. The highest BCUT2D eigenvalue weighted by Crippen LogP contribution is 2.26. The third-order valence-corrected chi connectivity index (χ3v) is 5.39. The van der Waals surface area contributed by atoms with Gasteiger partial charge in [0, 0.05) is 31.2 Å². The first-order valence-electron chi connectivity index (χ1n) is 9.33. The molecule has 1 aliphatic rings. The highest BCUT2D eigenvalue weighted by molar-refractivity contribution is 5.85. The second-order valence-corrected chi connectivity index (χ2v) is 7.03. The standard InChI is InChI=1S/C20H32N2O3.ClH/c1-4-20(5-2,14-21)19(23)22-11-17-7-6-15(3)10-18(17)25-13-16-8-9-24-12-16;/h6-7,10,16H,4-5,8-9,11-14,21H2,1-3H3,(H,22,23);1H. The van der Waals surface area contributed by atoms with E-state index in [-0.39, 0.29) is 18.3 Å². The highest BCUT2D eigenvalue weighted by Gasteiger charge is 2.33.